The molecule has 6 nitrogen and oxygen atoms in total. The van der Waals surface area contributed by atoms with Gasteiger partial charge in [-0.05, 0) is 25.9 Å². The van der Waals surface area contributed by atoms with E-state index in [-0.39, 0.29) is 38.1 Å². The van der Waals surface area contributed by atoms with Crippen LogP contribution < -0.4 is 0 Å². The smallest absolute Gasteiger partial charge is 0.225 e. The van der Waals surface area contributed by atoms with Gasteiger partial charge < -0.3 is 20.0 Å². The van der Waals surface area contributed by atoms with Crippen molar-refractivity contribution in [2.75, 3.05) is 45.9 Å². The topological polar surface area (TPSA) is 87.8 Å². The third kappa shape index (κ3) is 5.15. The van der Waals surface area contributed by atoms with Crippen LogP contribution in [-0.4, -0.2) is 71.9 Å². The second-order valence-electron chi connectivity index (χ2n) is 4.80. The number of hydrogen-bond donors (Lipinski definition) is 2. The molecule has 0 saturated carbocycles. The third-order valence-electron chi connectivity index (χ3n) is 3.53. The Morgan fingerprint density at radius 3 is 2.32 bits per heavy atom. The average molecular weight is 269 g/mol. The fourth-order valence-corrected chi connectivity index (χ4v) is 2.44. The van der Waals surface area contributed by atoms with Gasteiger partial charge in [-0.2, -0.15) is 5.26 Å². The molecular formula is C13H23N3O3. The lowest BCUT2D eigenvalue weighted by atomic mass is 9.95. The molecule has 0 unspecified atom stereocenters. The highest BCUT2D eigenvalue weighted by Gasteiger charge is 2.27. The van der Waals surface area contributed by atoms with Crippen LogP contribution in [0.4, 0.5) is 0 Å². The molecular weight excluding hydrogens is 246 g/mol. The summed E-state index contributed by atoms with van der Waals surface area (Å²) in [6.07, 6.45) is 2.11. The molecule has 1 saturated heterocycles. The van der Waals surface area contributed by atoms with E-state index in [1.165, 1.54) is 4.90 Å². The Morgan fingerprint density at radius 2 is 1.84 bits per heavy atom. The lowest BCUT2D eigenvalue weighted by molar-refractivity contribution is -0.138. The zero-order valence-electron chi connectivity index (χ0n) is 11.3. The van der Waals surface area contributed by atoms with E-state index in [1.54, 1.807) is 0 Å². The predicted octanol–water partition coefficient (Wildman–Crippen LogP) is -0.575. The van der Waals surface area contributed by atoms with Gasteiger partial charge in [-0.15, -0.1) is 0 Å². The highest BCUT2D eigenvalue weighted by Crippen LogP contribution is 2.19. The van der Waals surface area contributed by atoms with E-state index in [1.807, 2.05) is 0 Å². The van der Waals surface area contributed by atoms with Crippen molar-refractivity contribution in [3.63, 3.8) is 0 Å². The average Bonchev–Trinajstić information content (AvgIpc) is 2.44. The van der Waals surface area contributed by atoms with Gasteiger partial charge in [-0.3, -0.25) is 4.79 Å². The van der Waals surface area contributed by atoms with E-state index in [4.69, 9.17) is 15.5 Å². The van der Waals surface area contributed by atoms with Crippen LogP contribution in [-0.2, 0) is 4.79 Å². The van der Waals surface area contributed by atoms with Crippen LogP contribution in [0.5, 0.6) is 0 Å². The van der Waals surface area contributed by atoms with E-state index in [0.29, 0.717) is 6.42 Å². The van der Waals surface area contributed by atoms with Gasteiger partial charge >= 0.3 is 0 Å². The molecule has 6 heteroatoms. The molecule has 19 heavy (non-hydrogen) atoms. The van der Waals surface area contributed by atoms with Crippen molar-refractivity contribution in [3.8, 4) is 6.07 Å². The second-order valence-corrected chi connectivity index (χ2v) is 4.80. The summed E-state index contributed by atoms with van der Waals surface area (Å²) >= 11 is 0. The fraction of sp³-hybridized carbons (Fsp3) is 0.846. The molecule has 1 fully saturated rings. The zero-order valence-corrected chi connectivity index (χ0v) is 11.3. The summed E-state index contributed by atoms with van der Waals surface area (Å²) in [6.45, 7) is 2.87. The molecule has 108 valence electrons. The first-order chi connectivity index (χ1) is 9.22. The molecule has 0 aromatic carbocycles. The number of nitriles is 1. The van der Waals surface area contributed by atoms with Gasteiger partial charge in [0.2, 0.25) is 5.91 Å². The number of amides is 1. The SMILES string of the molecule is N#CCCN1CCC(C(=O)N(CCO)CCO)CC1. The zero-order chi connectivity index (χ0) is 14.1. The molecule has 1 aliphatic heterocycles. The van der Waals surface area contributed by atoms with Crippen LogP contribution in [0.2, 0.25) is 0 Å². The van der Waals surface area contributed by atoms with E-state index >= 15 is 0 Å². The number of nitrogens with zero attached hydrogens (tertiary/aromatic N) is 3. The number of hydrogen-bond acceptors (Lipinski definition) is 5. The number of piperidine rings is 1. The summed E-state index contributed by atoms with van der Waals surface area (Å²) in [5, 5.41) is 26.4. The maximum absolute atomic E-state index is 12.2. The summed E-state index contributed by atoms with van der Waals surface area (Å²) in [6, 6.07) is 2.13. The van der Waals surface area contributed by atoms with Crippen LogP contribution in [0.3, 0.4) is 0 Å². The molecule has 1 heterocycles. The highest BCUT2D eigenvalue weighted by atomic mass is 16.3. The molecule has 0 radical (unpaired) electrons. The van der Waals surface area contributed by atoms with Crippen LogP contribution in [0.25, 0.3) is 0 Å². The third-order valence-corrected chi connectivity index (χ3v) is 3.53. The van der Waals surface area contributed by atoms with Gasteiger partial charge in [-0.25, -0.2) is 0 Å². The molecule has 0 aromatic rings. The number of carbonyl (C=O) groups is 1. The fourth-order valence-electron chi connectivity index (χ4n) is 2.44. The van der Waals surface area contributed by atoms with Gasteiger partial charge in [0.15, 0.2) is 0 Å². The van der Waals surface area contributed by atoms with Gasteiger partial charge in [0.25, 0.3) is 0 Å². The first-order valence-corrected chi connectivity index (χ1v) is 6.82. The van der Waals surface area contributed by atoms with Crippen LogP contribution in [0.1, 0.15) is 19.3 Å². The first-order valence-electron chi connectivity index (χ1n) is 6.82. The summed E-state index contributed by atoms with van der Waals surface area (Å²) in [7, 11) is 0. The Kier molecular flexibility index (Phi) is 7.41. The molecule has 0 spiro atoms. The molecule has 1 aliphatic rings. The summed E-state index contributed by atoms with van der Waals surface area (Å²) in [4.78, 5) is 16.0. The van der Waals surface area contributed by atoms with E-state index in [0.717, 1.165) is 32.5 Å². The largest absolute Gasteiger partial charge is 0.395 e. The van der Waals surface area contributed by atoms with Crippen molar-refractivity contribution >= 4 is 5.91 Å². The van der Waals surface area contributed by atoms with Crippen molar-refractivity contribution in [2.45, 2.75) is 19.3 Å². The van der Waals surface area contributed by atoms with Crippen LogP contribution in [0.15, 0.2) is 0 Å². The van der Waals surface area contributed by atoms with E-state index < -0.39 is 0 Å². The lowest BCUT2D eigenvalue weighted by Crippen LogP contribution is -2.44. The van der Waals surface area contributed by atoms with Crippen molar-refractivity contribution in [1.29, 1.82) is 5.26 Å². The Hall–Kier alpha value is -1.16. The molecule has 0 aliphatic carbocycles. The van der Waals surface area contributed by atoms with Gasteiger partial charge in [0, 0.05) is 32.0 Å². The van der Waals surface area contributed by atoms with Crippen molar-refractivity contribution in [1.82, 2.24) is 9.80 Å². The minimum Gasteiger partial charge on any atom is -0.395 e. The Labute approximate surface area is 114 Å². The summed E-state index contributed by atoms with van der Waals surface area (Å²) in [5.41, 5.74) is 0. The number of aliphatic hydroxyl groups is 2. The molecule has 0 aromatic heterocycles. The number of carbonyl (C=O) groups excluding carboxylic acids is 1. The lowest BCUT2D eigenvalue weighted by Gasteiger charge is -2.33. The molecule has 0 atom stereocenters. The Bertz CT molecular complexity index is 303. The number of likely N-dealkylation sites (tertiary alicyclic amines) is 1. The van der Waals surface area contributed by atoms with E-state index in [9.17, 15) is 4.79 Å². The monoisotopic (exact) mass is 269 g/mol. The number of rotatable bonds is 7. The minimum atomic E-state index is -0.0766. The van der Waals surface area contributed by atoms with Crippen LogP contribution >= 0.6 is 0 Å². The Morgan fingerprint density at radius 1 is 1.26 bits per heavy atom. The predicted molar refractivity (Wildman–Crippen MR) is 70.1 cm³/mol. The van der Waals surface area contributed by atoms with Crippen molar-refractivity contribution in [3.05, 3.63) is 0 Å². The molecule has 1 amide bonds. The van der Waals surface area contributed by atoms with Crippen molar-refractivity contribution < 1.29 is 15.0 Å². The Balaban J connectivity index is 2.40. The maximum Gasteiger partial charge on any atom is 0.225 e. The number of aliphatic hydroxyl groups excluding tert-OH is 2. The molecule has 1 rings (SSSR count). The summed E-state index contributed by atoms with van der Waals surface area (Å²) in [5.74, 6) is 0.0134. The quantitative estimate of drug-likeness (QED) is 0.646. The van der Waals surface area contributed by atoms with Gasteiger partial charge in [0.1, 0.15) is 0 Å². The maximum atomic E-state index is 12.2. The molecule has 0 bridgehead atoms. The summed E-state index contributed by atoms with van der Waals surface area (Å²) < 4.78 is 0. The standard InChI is InChI=1S/C13H23N3O3/c14-4-1-5-15-6-2-12(3-7-15)13(19)16(8-10-17)9-11-18/h12,17-18H,1-3,5-11H2. The van der Waals surface area contributed by atoms with Gasteiger partial charge in [-0.1, -0.05) is 0 Å². The normalized spacial score (nSPS) is 17.1. The second kappa shape index (κ2) is 8.86. The van der Waals surface area contributed by atoms with E-state index in [2.05, 4.69) is 11.0 Å². The minimum absolute atomic E-state index is 0.0172. The first kappa shape index (κ1) is 15.9. The highest BCUT2D eigenvalue weighted by molar-refractivity contribution is 5.79. The molecule has 2 N–H and O–H groups in total. The van der Waals surface area contributed by atoms with Crippen LogP contribution in [0, 0.1) is 17.2 Å². The van der Waals surface area contributed by atoms with Crippen molar-refractivity contribution in [2.24, 2.45) is 5.92 Å². The van der Waals surface area contributed by atoms with Gasteiger partial charge in [0.05, 0.1) is 19.3 Å².